The summed E-state index contributed by atoms with van der Waals surface area (Å²) in [6.45, 7) is 12.9. The lowest BCUT2D eigenvalue weighted by Crippen LogP contribution is -2.47. The van der Waals surface area contributed by atoms with Gasteiger partial charge in [-0.05, 0) is 92.5 Å². The number of allylic oxidation sites excluding steroid dienone is 1. The summed E-state index contributed by atoms with van der Waals surface area (Å²) in [5, 5.41) is 13.7. The number of nitro benzene ring substituents is 1. The molecule has 0 bridgehead atoms. The van der Waals surface area contributed by atoms with Crippen molar-refractivity contribution in [2.24, 2.45) is 11.3 Å². The molecule has 0 radical (unpaired) electrons. The molecule has 0 unspecified atom stereocenters. The number of carbonyl (C=O) groups is 1. The van der Waals surface area contributed by atoms with Crippen molar-refractivity contribution in [1.82, 2.24) is 19.6 Å². The normalized spacial score (nSPS) is 18.1. The van der Waals surface area contributed by atoms with E-state index < -0.39 is 31.4 Å². The highest BCUT2D eigenvalue weighted by Crippen LogP contribution is 2.44. The molecule has 4 heterocycles. The number of ether oxygens (including phenoxy) is 3. The molecule has 16 heteroatoms. The quantitative estimate of drug-likeness (QED) is 0.0856. The van der Waals surface area contributed by atoms with E-state index in [0.717, 1.165) is 74.1 Å². The van der Waals surface area contributed by atoms with E-state index in [0.29, 0.717) is 18.0 Å². The molecule has 0 saturated carbocycles. The number of benzene rings is 3. The van der Waals surface area contributed by atoms with Gasteiger partial charge in [0.1, 0.15) is 22.9 Å². The van der Waals surface area contributed by atoms with Crippen LogP contribution in [0.5, 0.6) is 17.2 Å². The minimum atomic E-state index is -4.63. The van der Waals surface area contributed by atoms with Gasteiger partial charge in [0.2, 0.25) is 0 Å². The average molecular weight is 883 g/mol. The highest BCUT2D eigenvalue weighted by molar-refractivity contribution is 7.90. The van der Waals surface area contributed by atoms with Gasteiger partial charge in [-0.25, -0.2) is 18.1 Å². The Hall–Kier alpha value is -5.48. The Balaban J connectivity index is 1.02. The predicted octanol–water partition coefficient (Wildman–Crippen LogP) is 8.80. The average Bonchev–Trinajstić information content (AvgIpc) is 3.71. The molecule has 62 heavy (non-hydrogen) atoms. The lowest BCUT2D eigenvalue weighted by atomic mass is 9.72. The molecule has 3 aliphatic rings. The number of anilines is 1. The van der Waals surface area contributed by atoms with Crippen LogP contribution in [0.1, 0.15) is 68.4 Å². The zero-order valence-corrected chi connectivity index (χ0v) is 36.9. The van der Waals surface area contributed by atoms with E-state index in [4.69, 9.17) is 25.8 Å². The van der Waals surface area contributed by atoms with Crippen LogP contribution in [0.4, 0.5) is 11.4 Å². The molecule has 2 N–H and O–H groups in total. The molecule has 14 nitrogen and oxygen atoms in total. The smallest absolute Gasteiger partial charge is 0.277 e. The number of amides is 1. The summed E-state index contributed by atoms with van der Waals surface area (Å²) in [7, 11) is -4.63. The zero-order valence-electron chi connectivity index (χ0n) is 35.3. The zero-order chi connectivity index (χ0) is 43.8. The second-order valence-corrected chi connectivity index (χ2v) is 19.6. The Morgan fingerprint density at radius 3 is 2.60 bits per heavy atom. The van der Waals surface area contributed by atoms with Gasteiger partial charge >= 0.3 is 0 Å². The van der Waals surface area contributed by atoms with Crippen LogP contribution in [0.2, 0.25) is 5.02 Å². The van der Waals surface area contributed by atoms with E-state index in [1.165, 1.54) is 35.0 Å². The molecule has 2 aliphatic heterocycles. The first-order valence-electron chi connectivity index (χ1n) is 20.9. The maximum atomic E-state index is 14.0. The van der Waals surface area contributed by atoms with Crippen LogP contribution in [0.3, 0.4) is 0 Å². The molecule has 3 aromatic carbocycles. The van der Waals surface area contributed by atoms with Gasteiger partial charge in [-0.15, -0.1) is 0 Å². The highest BCUT2D eigenvalue weighted by Gasteiger charge is 2.33. The van der Waals surface area contributed by atoms with Gasteiger partial charge in [0.05, 0.1) is 46.5 Å². The number of rotatable bonds is 13. The van der Waals surface area contributed by atoms with Crippen LogP contribution in [0.25, 0.3) is 16.6 Å². The van der Waals surface area contributed by atoms with Crippen LogP contribution in [0.15, 0.2) is 89.6 Å². The molecule has 1 aliphatic carbocycles. The Bertz CT molecular complexity index is 2640. The summed E-state index contributed by atoms with van der Waals surface area (Å²) < 4.78 is 47.7. The molecule has 5 aromatic rings. The highest BCUT2D eigenvalue weighted by atomic mass is 35.5. The van der Waals surface area contributed by atoms with Gasteiger partial charge in [0.15, 0.2) is 0 Å². The molecule has 0 spiro atoms. The van der Waals surface area contributed by atoms with E-state index in [1.807, 2.05) is 32.0 Å². The number of carbonyl (C=O) groups excluding carboxylic acids is 1. The van der Waals surface area contributed by atoms with Crippen LogP contribution < -0.4 is 19.1 Å². The molecule has 1 atom stereocenters. The number of piperazine rings is 1. The number of halogens is 1. The van der Waals surface area contributed by atoms with Crippen LogP contribution in [0, 0.1) is 21.4 Å². The maximum Gasteiger partial charge on any atom is 0.277 e. The Kier molecular flexibility index (Phi) is 12.3. The molecule has 326 valence electrons. The molecule has 8 rings (SSSR count). The summed E-state index contributed by atoms with van der Waals surface area (Å²) in [5.41, 5.74) is 5.59. The minimum absolute atomic E-state index is 0.0292. The van der Waals surface area contributed by atoms with Crippen molar-refractivity contribution >= 4 is 55.5 Å². The van der Waals surface area contributed by atoms with Gasteiger partial charge in [0.25, 0.3) is 21.6 Å². The van der Waals surface area contributed by atoms with Crippen LogP contribution in [-0.4, -0.2) is 86.2 Å². The van der Waals surface area contributed by atoms with Crippen molar-refractivity contribution in [3.05, 3.63) is 117 Å². The first kappa shape index (κ1) is 43.2. The fraction of sp³-hybridized carbons (Fsp3) is 0.391. The number of aromatic nitrogens is 2. The lowest BCUT2D eigenvalue weighted by Gasteiger charge is -2.39. The molecule has 1 saturated heterocycles. The number of nitro groups is 1. The third-order valence-corrected chi connectivity index (χ3v) is 13.4. The van der Waals surface area contributed by atoms with Crippen molar-refractivity contribution in [2.45, 2.75) is 64.4 Å². The first-order chi connectivity index (χ1) is 29.6. The molecular formula is C46H51ClN6O8S. The van der Waals surface area contributed by atoms with E-state index in [1.54, 1.807) is 24.4 Å². The monoisotopic (exact) mass is 882 g/mol. The summed E-state index contributed by atoms with van der Waals surface area (Å²) >= 11 is 6.24. The van der Waals surface area contributed by atoms with E-state index >= 15 is 0 Å². The van der Waals surface area contributed by atoms with Gasteiger partial charge in [-0.1, -0.05) is 43.2 Å². The van der Waals surface area contributed by atoms with Crippen molar-refractivity contribution < 1.29 is 32.3 Å². The number of hydrogen-bond acceptors (Lipinski definition) is 11. The van der Waals surface area contributed by atoms with Gasteiger partial charge in [-0.3, -0.25) is 19.8 Å². The predicted molar refractivity (Wildman–Crippen MR) is 239 cm³/mol. The standard InChI is InChI=1S/C46H51ClN6O8S/c1-29(2)59-27-30-19-39-41(53(55)56)22-37(23-42(39)60-28-30)62(57,58)50-45(54)38-10-9-35(21-43(38)61-36-20-32-12-14-48-44(32)49-25-36)52-17-15-51(16-18-52)26-33-11-13-46(3,4)24-40(33)31-5-7-34(47)8-6-31/h5-10,12,14,20-23,25,29-30H,11,13,15-19,24,26-28H2,1-4H3,(H,48,49)(H,50,54)/t30-/m1/s1. The van der Waals surface area contributed by atoms with Crippen molar-refractivity contribution in [1.29, 1.82) is 0 Å². The largest absolute Gasteiger partial charge is 0.493 e. The fourth-order valence-electron chi connectivity index (χ4n) is 8.46. The summed E-state index contributed by atoms with van der Waals surface area (Å²) in [4.78, 5) is 37.3. The SMILES string of the molecule is CC(C)OC[C@@H]1COc2cc(S(=O)(=O)NC(=O)c3ccc(N4CCN(CC5=C(c6ccc(Cl)cc6)CC(C)(C)CC5)CC4)cc3Oc3cnc4[nH]ccc4c3)cc([N+](=O)[O-])c2C1. The fourth-order valence-corrected chi connectivity index (χ4v) is 9.59. The van der Waals surface area contributed by atoms with Gasteiger partial charge in [0, 0.05) is 79.1 Å². The number of H-pyrrole nitrogens is 1. The number of aromatic amines is 1. The molecule has 1 amide bonds. The summed E-state index contributed by atoms with van der Waals surface area (Å²) in [6, 6.07) is 19.0. The third-order valence-electron chi connectivity index (χ3n) is 11.9. The molecule has 2 aromatic heterocycles. The molecule has 1 fully saturated rings. The van der Waals surface area contributed by atoms with Crippen molar-refractivity contribution in [3.63, 3.8) is 0 Å². The van der Waals surface area contributed by atoms with Crippen LogP contribution in [-0.2, 0) is 21.2 Å². The minimum Gasteiger partial charge on any atom is -0.493 e. The van der Waals surface area contributed by atoms with E-state index in [9.17, 15) is 23.3 Å². The second kappa shape index (κ2) is 17.7. The van der Waals surface area contributed by atoms with E-state index in [-0.39, 0.29) is 53.1 Å². The topological polar surface area (TPSA) is 169 Å². The second-order valence-electron chi connectivity index (χ2n) is 17.4. The number of fused-ring (bicyclic) bond motifs is 2. The van der Waals surface area contributed by atoms with Crippen molar-refractivity contribution in [2.75, 3.05) is 50.8 Å². The van der Waals surface area contributed by atoms with Gasteiger partial charge in [-0.2, -0.15) is 0 Å². The number of pyridine rings is 1. The maximum absolute atomic E-state index is 14.0. The first-order valence-corrected chi connectivity index (χ1v) is 22.8. The number of sulfonamides is 1. The summed E-state index contributed by atoms with van der Waals surface area (Å²) in [6.07, 6.45) is 6.71. The van der Waals surface area contributed by atoms with E-state index in [2.05, 4.69) is 50.5 Å². The van der Waals surface area contributed by atoms with Crippen LogP contribution >= 0.6 is 11.6 Å². The lowest BCUT2D eigenvalue weighted by molar-refractivity contribution is -0.386. The number of nitrogens with one attached hydrogen (secondary N) is 2. The Morgan fingerprint density at radius 1 is 1.08 bits per heavy atom. The summed E-state index contributed by atoms with van der Waals surface area (Å²) in [5.74, 6) is -0.581. The number of nitrogens with zero attached hydrogens (tertiary/aromatic N) is 4. The van der Waals surface area contributed by atoms with Crippen molar-refractivity contribution in [3.8, 4) is 17.2 Å². The Morgan fingerprint density at radius 2 is 1.85 bits per heavy atom. The Labute approximate surface area is 366 Å². The number of hydrogen-bond donors (Lipinski definition) is 2. The van der Waals surface area contributed by atoms with Gasteiger partial charge < -0.3 is 24.1 Å². The molecular weight excluding hydrogens is 832 g/mol. The third kappa shape index (κ3) is 9.76.